The zero-order chi connectivity index (χ0) is 21.4. The number of hydrogen-bond donors (Lipinski definition) is 7. The molecule has 1 aromatic rings. The summed E-state index contributed by atoms with van der Waals surface area (Å²) in [6.07, 6.45) is -7.68. The van der Waals surface area contributed by atoms with Crippen LogP contribution in [0.5, 0.6) is 0 Å². The second-order valence-corrected chi connectivity index (χ2v) is 5.86. The van der Waals surface area contributed by atoms with Gasteiger partial charge in [-0.05, 0) is 6.07 Å². The van der Waals surface area contributed by atoms with Crippen molar-refractivity contribution in [2.24, 2.45) is 0 Å². The zero-order valence-corrected chi connectivity index (χ0v) is 14.6. The van der Waals surface area contributed by atoms with Crippen LogP contribution in [0.1, 0.15) is 12.6 Å². The Balaban J connectivity index is 0.000000311. The third kappa shape index (κ3) is 5.87. The van der Waals surface area contributed by atoms with Gasteiger partial charge in [-0.15, -0.1) is 0 Å². The Labute approximate surface area is 158 Å². The summed E-state index contributed by atoms with van der Waals surface area (Å²) in [7, 11) is 0. The number of aliphatic hydroxyl groups excluding tert-OH is 6. The van der Waals surface area contributed by atoms with Gasteiger partial charge in [0.15, 0.2) is 12.5 Å². The van der Waals surface area contributed by atoms with Crippen LogP contribution in [-0.2, 0) is 14.3 Å². The summed E-state index contributed by atoms with van der Waals surface area (Å²) in [5, 5.41) is 54.4. The van der Waals surface area contributed by atoms with Crippen LogP contribution in [0, 0.1) is 0 Å². The standard InChI is InChI=1S/C9H13N3O5.C6H10O5/c10-5-1-2-12(9(16)11-5)8-7(15)6(14)4(3-13)17-8;7-2-1-4(9)6(11)5(10)3-8/h1-2,4,6-8,13-15H,3H2,(H2,10,11,16);2-6,9-11H,1H2/t4-,6-,7-,8-;/m1./s1. The first-order valence-corrected chi connectivity index (χ1v) is 8.08. The average molecular weight is 405 g/mol. The molecule has 1 fully saturated rings. The molecular weight excluding hydrogens is 382 g/mol. The molecule has 7 atom stereocenters. The molecule has 13 nitrogen and oxygen atoms in total. The number of rotatable bonds is 7. The molecule has 1 aliphatic heterocycles. The van der Waals surface area contributed by atoms with E-state index in [1.807, 2.05) is 0 Å². The minimum atomic E-state index is -1.63. The van der Waals surface area contributed by atoms with Gasteiger partial charge in [-0.25, -0.2) is 4.79 Å². The van der Waals surface area contributed by atoms with Gasteiger partial charge in [0.25, 0.3) is 0 Å². The van der Waals surface area contributed by atoms with Crippen molar-refractivity contribution in [2.75, 3.05) is 12.3 Å². The molecule has 0 aliphatic carbocycles. The first kappa shape index (κ1) is 23.8. The van der Waals surface area contributed by atoms with E-state index < -0.39 is 55.1 Å². The number of aromatic nitrogens is 2. The van der Waals surface area contributed by atoms with Crippen molar-refractivity contribution >= 4 is 18.4 Å². The summed E-state index contributed by atoms with van der Waals surface area (Å²) < 4.78 is 6.19. The van der Waals surface area contributed by atoms with Crippen LogP contribution in [0.3, 0.4) is 0 Å². The molecule has 0 saturated carbocycles. The minimum absolute atomic E-state index is 0.0537. The quantitative estimate of drug-likeness (QED) is 0.212. The van der Waals surface area contributed by atoms with Crippen LogP contribution in [0.15, 0.2) is 17.1 Å². The molecule has 3 unspecified atom stereocenters. The first-order valence-electron chi connectivity index (χ1n) is 8.08. The highest BCUT2D eigenvalue weighted by Crippen LogP contribution is 2.27. The van der Waals surface area contributed by atoms with Crippen molar-refractivity contribution < 1.29 is 45.0 Å². The lowest BCUT2D eigenvalue weighted by Crippen LogP contribution is -2.38. The summed E-state index contributed by atoms with van der Waals surface area (Å²) in [5.41, 5.74) is 4.63. The molecular formula is C15H23N3O10. The molecule has 1 saturated heterocycles. The van der Waals surface area contributed by atoms with Crippen LogP contribution < -0.4 is 11.4 Å². The normalized spacial score (nSPS) is 27.2. The van der Waals surface area contributed by atoms with E-state index in [1.54, 1.807) is 0 Å². The number of nitrogens with two attached hydrogens (primary N) is 1. The third-order valence-corrected chi connectivity index (χ3v) is 3.86. The van der Waals surface area contributed by atoms with Gasteiger partial charge in [-0.2, -0.15) is 4.98 Å². The summed E-state index contributed by atoms with van der Waals surface area (Å²) in [6.45, 7) is -0.453. The van der Waals surface area contributed by atoms with E-state index in [0.29, 0.717) is 6.29 Å². The third-order valence-electron chi connectivity index (χ3n) is 3.86. The molecule has 158 valence electrons. The SMILES string of the molecule is Nc1ccn([C@@H]2O[C@H](CO)[C@@H](O)[C@H]2O)c(=O)n1.O=CCC(O)C(O)C(O)C=O. The van der Waals surface area contributed by atoms with Crippen LogP contribution in [0.2, 0.25) is 0 Å². The van der Waals surface area contributed by atoms with Gasteiger partial charge in [0.1, 0.15) is 42.6 Å². The lowest BCUT2D eigenvalue weighted by atomic mass is 10.1. The van der Waals surface area contributed by atoms with Crippen LogP contribution in [0.4, 0.5) is 5.82 Å². The summed E-state index contributed by atoms with van der Waals surface area (Å²) in [5.74, 6) is 0.0537. The molecule has 8 N–H and O–H groups in total. The second kappa shape index (κ2) is 10.9. The van der Waals surface area contributed by atoms with Crippen molar-refractivity contribution in [3.8, 4) is 0 Å². The highest BCUT2D eigenvalue weighted by Gasteiger charge is 2.43. The average Bonchev–Trinajstić information content (AvgIpc) is 2.95. The Kier molecular flexibility index (Phi) is 9.27. The van der Waals surface area contributed by atoms with Crippen molar-refractivity contribution in [3.05, 3.63) is 22.7 Å². The van der Waals surface area contributed by atoms with E-state index in [9.17, 15) is 24.6 Å². The van der Waals surface area contributed by atoms with E-state index in [-0.39, 0.29) is 18.5 Å². The van der Waals surface area contributed by atoms with Crippen molar-refractivity contribution in [1.29, 1.82) is 0 Å². The predicted octanol–water partition coefficient (Wildman–Crippen LogP) is -4.71. The van der Waals surface area contributed by atoms with E-state index >= 15 is 0 Å². The number of carbonyl (C=O) groups is 2. The number of hydrogen-bond acceptors (Lipinski definition) is 12. The number of nitrogen functional groups attached to an aromatic ring is 1. The molecule has 2 rings (SSSR count). The highest BCUT2D eigenvalue weighted by molar-refractivity contribution is 5.57. The maximum atomic E-state index is 11.5. The Morgan fingerprint density at radius 2 is 1.89 bits per heavy atom. The fraction of sp³-hybridized carbons (Fsp3) is 0.600. The molecule has 0 bridgehead atoms. The van der Waals surface area contributed by atoms with Crippen molar-refractivity contribution in [2.45, 2.75) is 49.3 Å². The Morgan fingerprint density at radius 1 is 1.25 bits per heavy atom. The van der Waals surface area contributed by atoms with Gasteiger partial charge in [0.05, 0.1) is 12.7 Å². The van der Waals surface area contributed by atoms with Gasteiger partial charge in [0, 0.05) is 12.6 Å². The molecule has 0 spiro atoms. The largest absolute Gasteiger partial charge is 0.394 e. The van der Waals surface area contributed by atoms with Crippen LogP contribution in [-0.4, -0.2) is 96.0 Å². The van der Waals surface area contributed by atoms with Gasteiger partial charge in [-0.1, -0.05) is 0 Å². The Morgan fingerprint density at radius 3 is 2.36 bits per heavy atom. The van der Waals surface area contributed by atoms with Crippen LogP contribution >= 0.6 is 0 Å². The second-order valence-electron chi connectivity index (χ2n) is 5.86. The molecule has 1 aromatic heterocycles. The molecule has 0 radical (unpaired) electrons. The Hall–Kier alpha value is -2.26. The van der Waals surface area contributed by atoms with Crippen LogP contribution in [0.25, 0.3) is 0 Å². The fourth-order valence-electron chi connectivity index (χ4n) is 2.28. The first-order chi connectivity index (χ1) is 13.2. The van der Waals surface area contributed by atoms with Gasteiger partial charge >= 0.3 is 5.69 Å². The van der Waals surface area contributed by atoms with E-state index in [0.717, 1.165) is 4.57 Å². The van der Waals surface area contributed by atoms with E-state index in [1.165, 1.54) is 12.3 Å². The topological polar surface area (TPSA) is 226 Å². The van der Waals surface area contributed by atoms with E-state index in [4.69, 9.17) is 30.9 Å². The predicted molar refractivity (Wildman–Crippen MR) is 90.7 cm³/mol. The maximum absolute atomic E-state index is 11.5. The number of nitrogens with zero attached hydrogens (tertiary/aromatic N) is 2. The Bertz CT molecular complexity index is 699. The molecule has 0 aromatic carbocycles. The molecule has 1 aliphatic rings. The van der Waals surface area contributed by atoms with E-state index in [2.05, 4.69) is 4.98 Å². The number of aliphatic hydroxyl groups is 6. The fourth-order valence-corrected chi connectivity index (χ4v) is 2.28. The monoisotopic (exact) mass is 405 g/mol. The van der Waals surface area contributed by atoms with Gasteiger partial charge in [0.2, 0.25) is 0 Å². The zero-order valence-electron chi connectivity index (χ0n) is 14.6. The number of aldehydes is 2. The summed E-state index contributed by atoms with van der Waals surface area (Å²) in [4.78, 5) is 34.6. The number of carbonyl (C=O) groups excluding carboxylic acids is 2. The van der Waals surface area contributed by atoms with Gasteiger partial charge in [-0.3, -0.25) is 4.57 Å². The molecule has 2 heterocycles. The smallest absolute Gasteiger partial charge is 0.351 e. The van der Waals surface area contributed by atoms with Crippen molar-refractivity contribution in [3.63, 3.8) is 0 Å². The maximum Gasteiger partial charge on any atom is 0.351 e. The molecule has 28 heavy (non-hydrogen) atoms. The minimum Gasteiger partial charge on any atom is -0.394 e. The van der Waals surface area contributed by atoms with Crippen molar-refractivity contribution in [1.82, 2.24) is 9.55 Å². The highest BCUT2D eigenvalue weighted by atomic mass is 16.6. The lowest BCUT2D eigenvalue weighted by molar-refractivity contribution is -0.128. The number of anilines is 1. The summed E-state index contributed by atoms with van der Waals surface area (Å²) in [6, 6.07) is 1.37. The molecule has 13 heteroatoms. The van der Waals surface area contributed by atoms with Gasteiger partial charge < -0.3 is 50.7 Å². The molecule has 0 amide bonds. The number of ether oxygens (including phenoxy) is 1. The lowest BCUT2D eigenvalue weighted by Gasteiger charge is -2.16. The summed E-state index contributed by atoms with van der Waals surface area (Å²) >= 11 is 0.